The Morgan fingerprint density at radius 2 is 2.25 bits per heavy atom. The number of carbonyl (C=O) groups excluding carboxylic acids is 1. The van der Waals surface area contributed by atoms with Crippen LogP contribution >= 0.6 is 0 Å². The number of hydrogen-bond acceptors (Lipinski definition) is 3. The van der Waals surface area contributed by atoms with E-state index in [0.29, 0.717) is 5.56 Å². The molecule has 2 rings (SSSR count). The van der Waals surface area contributed by atoms with Crippen LogP contribution < -0.4 is 9.03 Å². The maximum absolute atomic E-state index is 14.5. The molecule has 1 fully saturated rings. The van der Waals surface area contributed by atoms with Gasteiger partial charge in [-0.25, -0.2) is 8.60 Å². The average molecular weight is 350 g/mol. The van der Waals surface area contributed by atoms with Crippen LogP contribution in [0.1, 0.15) is 25.8 Å². The van der Waals surface area contributed by atoms with Gasteiger partial charge in [0.2, 0.25) is 11.2 Å². The number of anilines is 1. The van der Waals surface area contributed by atoms with E-state index >= 15 is 0 Å². The highest BCUT2D eigenvalue weighted by molar-refractivity contribution is 7.85. The summed E-state index contributed by atoms with van der Waals surface area (Å²) >= 11 is -1.90. The SMILES string of the molecule is C\C=C/C(=C\C=C\CC)c1cc(O)c(N2CC(=O)NS2=O)c(F)c1. The van der Waals surface area contributed by atoms with Gasteiger partial charge in [0, 0.05) is 0 Å². The molecule has 5 nitrogen and oxygen atoms in total. The van der Waals surface area contributed by atoms with Crippen LogP contribution in [0, 0.1) is 5.82 Å². The zero-order valence-electron chi connectivity index (χ0n) is 13.5. The lowest BCUT2D eigenvalue weighted by molar-refractivity contribution is -0.117. The first-order chi connectivity index (χ1) is 11.5. The number of benzene rings is 1. The van der Waals surface area contributed by atoms with Crippen molar-refractivity contribution < 1.29 is 18.5 Å². The monoisotopic (exact) mass is 350 g/mol. The molecule has 1 aromatic rings. The molecule has 0 spiro atoms. The highest BCUT2D eigenvalue weighted by atomic mass is 32.2. The molecule has 1 unspecified atom stereocenters. The van der Waals surface area contributed by atoms with Crippen molar-refractivity contribution in [3.05, 3.63) is 53.9 Å². The standard InChI is InChI=1S/C17H19FN2O3S/c1-3-5-6-8-12(7-4-2)13-9-14(18)17(15(21)10-13)20-11-16(22)19-24(20)23/h4-10,21H,3,11H2,1-2H3,(H,19,22)/b6-5+,7-4-,12-8+. The van der Waals surface area contributed by atoms with Crippen molar-refractivity contribution in [3.8, 4) is 5.75 Å². The van der Waals surface area contributed by atoms with E-state index in [1.165, 1.54) is 12.1 Å². The molecule has 0 saturated carbocycles. The van der Waals surface area contributed by atoms with Crippen LogP contribution in [0.25, 0.3) is 5.57 Å². The number of amides is 1. The highest BCUT2D eigenvalue weighted by Gasteiger charge is 2.31. The fourth-order valence-corrected chi connectivity index (χ4v) is 3.22. The summed E-state index contributed by atoms with van der Waals surface area (Å²) in [5.41, 5.74) is 0.955. The second kappa shape index (κ2) is 7.92. The second-order valence-corrected chi connectivity index (χ2v) is 6.24. The molecule has 0 aromatic heterocycles. The Bertz CT molecular complexity index is 733. The first-order valence-electron chi connectivity index (χ1n) is 7.49. The molecule has 128 valence electrons. The van der Waals surface area contributed by atoms with Gasteiger partial charge in [0.15, 0.2) is 5.82 Å². The van der Waals surface area contributed by atoms with Crippen LogP contribution in [0.2, 0.25) is 0 Å². The normalized spacial score (nSPS) is 18.8. The Hall–Kier alpha value is -2.41. The number of carbonyl (C=O) groups is 1. The average Bonchev–Trinajstić information content (AvgIpc) is 2.84. The first-order valence-corrected chi connectivity index (χ1v) is 8.59. The zero-order chi connectivity index (χ0) is 17.7. The summed E-state index contributed by atoms with van der Waals surface area (Å²) in [4.78, 5) is 11.3. The van der Waals surface area contributed by atoms with Gasteiger partial charge < -0.3 is 5.11 Å². The van der Waals surface area contributed by atoms with Crippen LogP contribution in [0.15, 0.2) is 42.5 Å². The number of hydrogen-bond donors (Lipinski definition) is 2. The lowest BCUT2D eigenvalue weighted by Crippen LogP contribution is -2.23. The molecular weight excluding hydrogens is 331 g/mol. The van der Waals surface area contributed by atoms with Crippen molar-refractivity contribution in [1.29, 1.82) is 0 Å². The highest BCUT2D eigenvalue weighted by Crippen LogP contribution is 2.35. The molecule has 0 aliphatic carbocycles. The van der Waals surface area contributed by atoms with Gasteiger partial charge in [-0.2, -0.15) is 0 Å². The Kier molecular flexibility index (Phi) is 5.92. The minimum Gasteiger partial charge on any atom is -0.506 e. The molecule has 24 heavy (non-hydrogen) atoms. The summed E-state index contributed by atoms with van der Waals surface area (Å²) < 4.78 is 29.4. The summed E-state index contributed by atoms with van der Waals surface area (Å²) in [6.45, 7) is 3.57. The summed E-state index contributed by atoms with van der Waals surface area (Å²) in [6.07, 6.45) is 10.1. The second-order valence-electron chi connectivity index (χ2n) is 5.10. The Balaban J connectivity index is 2.45. The minimum absolute atomic E-state index is 0.251. The van der Waals surface area contributed by atoms with Crippen molar-refractivity contribution in [1.82, 2.24) is 4.72 Å². The summed E-state index contributed by atoms with van der Waals surface area (Å²) in [7, 11) is 0. The van der Waals surface area contributed by atoms with Crippen molar-refractivity contribution in [2.24, 2.45) is 0 Å². The van der Waals surface area contributed by atoms with E-state index < -0.39 is 22.9 Å². The maximum Gasteiger partial charge on any atom is 0.253 e. The van der Waals surface area contributed by atoms with Gasteiger partial charge in [0.1, 0.15) is 18.0 Å². The lowest BCUT2D eigenvalue weighted by atomic mass is 10.0. The Morgan fingerprint density at radius 3 is 2.79 bits per heavy atom. The molecule has 0 bridgehead atoms. The topological polar surface area (TPSA) is 69.6 Å². The molecule has 2 N–H and O–H groups in total. The van der Waals surface area contributed by atoms with Gasteiger partial charge >= 0.3 is 0 Å². The first kappa shape index (κ1) is 17.9. The van der Waals surface area contributed by atoms with E-state index in [9.17, 15) is 18.5 Å². The smallest absolute Gasteiger partial charge is 0.253 e. The molecule has 1 aliphatic heterocycles. The van der Waals surface area contributed by atoms with Gasteiger partial charge in [0.05, 0.1) is 0 Å². The van der Waals surface area contributed by atoms with E-state index in [1.807, 2.05) is 38.2 Å². The quantitative estimate of drug-likeness (QED) is 0.802. The summed E-state index contributed by atoms with van der Waals surface area (Å²) in [5, 5.41) is 10.2. The van der Waals surface area contributed by atoms with Crippen LogP contribution in [0.3, 0.4) is 0 Å². The number of rotatable bonds is 5. The number of allylic oxidation sites excluding steroid dienone is 6. The lowest BCUT2D eigenvalue weighted by Gasteiger charge is -2.17. The van der Waals surface area contributed by atoms with Crippen LogP contribution in [0.4, 0.5) is 10.1 Å². The largest absolute Gasteiger partial charge is 0.506 e. The van der Waals surface area contributed by atoms with Gasteiger partial charge in [-0.15, -0.1) is 0 Å². The molecule has 1 aliphatic rings. The van der Waals surface area contributed by atoms with Crippen molar-refractivity contribution in [2.75, 3.05) is 10.8 Å². The number of halogens is 1. The molecule has 1 amide bonds. The zero-order valence-corrected chi connectivity index (χ0v) is 14.3. The molecule has 0 radical (unpaired) electrons. The van der Waals surface area contributed by atoms with E-state index in [0.717, 1.165) is 16.3 Å². The predicted octanol–water partition coefficient (Wildman–Crippen LogP) is 2.97. The molecule has 1 atom stereocenters. The summed E-state index contributed by atoms with van der Waals surface area (Å²) in [6, 6.07) is 2.64. The van der Waals surface area contributed by atoms with E-state index in [4.69, 9.17) is 0 Å². The maximum atomic E-state index is 14.5. The van der Waals surface area contributed by atoms with Gasteiger partial charge in [0.25, 0.3) is 5.91 Å². The van der Waals surface area contributed by atoms with Crippen LogP contribution in [0.5, 0.6) is 5.75 Å². The molecule has 7 heteroatoms. The number of phenolic OH excluding ortho intramolecular Hbond substituents is 1. The van der Waals surface area contributed by atoms with E-state index in [1.54, 1.807) is 6.08 Å². The number of nitrogens with one attached hydrogen (secondary N) is 1. The third-order valence-corrected chi connectivity index (χ3v) is 4.42. The van der Waals surface area contributed by atoms with E-state index in [-0.39, 0.29) is 18.0 Å². The fourth-order valence-electron chi connectivity index (χ4n) is 2.27. The molecular formula is C17H19FN2O3S. The van der Waals surface area contributed by atoms with E-state index in [2.05, 4.69) is 4.72 Å². The van der Waals surface area contributed by atoms with Crippen LogP contribution in [-0.2, 0) is 16.0 Å². The summed E-state index contributed by atoms with van der Waals surface area (Å²) in [5.74, 6) is -1.61. The Labute approximate surface area is 142 Å². The predicted molar refractivity (Wildman–Crippen MR) is 93.9 cm³/mol. The van der Waals surface area contributed by atoms with Crippen molar-refractivity contribution in [3.63, 3.8) is 0 Å². The third kappa shape index (κ3) is 3.91. The number of nitrogens with zero attached hydrogens (tertiary/aromatic N) is 1. The van der Waals surface area contributed by atoms with Crippen LogP contribution in [-0.4, -0.2) is 21.8 Å². The molecule has 1 aromatic carbocycles. The number of phenols is 1. The number of aromatic hydroxyl groups is 1. The van der Waals surface area contributed by atoms with Gasteiger partial charge in [-0.3, -0.25) is 13.8 Å². The minimum atomic E-state index is -1.90. The molecule has 1 heterocycles. The van der Waals surface area contributed by atoms with Gasteiger partial charge in [-0.05, 0) is 36.6 Å². The van der Waals surface area contributed by atoms with Crippen molar-refractivity contribution >= 4 is 28.3 Å². The third-order valence-electron chi connectivity index (χ3n) is 3.31. The Morgan fingerprint density at radius 1 is 1.50 bits per heavy atom. The van der Waals surface area contributed by atoms with Gasteiger partial charge in [-0.1, -0.05) is 37.3 Å². The van der Waals surface area contributed by atoms with Crippen molar-refractivity contribution in [2.45, 2.75) is 20.3 Å². The molecule has 1 saturated heterocycles. The fraction of sp³-hybridized carbons (Fsp3) is 0.235.